The van der Waals surface area contributed by atoms with E-state index in [2.05, 4.69) is 22.0 Å². The minimum absolute atomic E-state index is 0.0851. The normalized spacial score (nSPS) is 20.4. The quantitative estimate of drug-likeness (QED) is 0.372. The Bertz CT molecular complexity index is 1200. The third-order valence-electron chi connectivity index (χ3n) is 6.76. The zero-order valence-corrected chi connectivity index (χ0v) is 21.3. The summed E-state index contributed by atoms with van der Waals surface area (Å²) in [5.74, 6) is -0.816. The molecular weight excluding hydrogens is 480 g/mol. The summed E-state index contributed by atoms with van der Waals surface area (Å²) in [6.45, 7) is 3.46. The molecule has 1 aliphatic heterocycles. The van der Waals surface area contributed by atoms with E-state index >= 15 is 0 Å². The van der Waals surface area contributed by atoms with Crippen molar-refractivity contribution in [3.8, 4) is 0 Å². The number of fused-ring (bicyclic) bond motifs is 1. The van der Waals surface area contributed by atoms with Gasteiger partial charge in [-0.25, -0.2) is 8.42 Å². The number of aliphatic hydroxyl groups is 1. The van der Waals surface area contributed by atoms with Gasteiger partial charge in [-0.1, -0.05) is 35.9 Å². The molecule has 2 atom stereocenters. The molecule has 2 aromatic rings. The molecule has 0 bridgehead atoms. The van der Waals surface area contributed by atoms with Crippen molar-refractivity contribution >= 4 is 21.8 Å². The number of hydrogen-bond acceptors (Lipinski definition) is 6. The molecule has 0 aromatic heterocycles. The molecule has 9 nitrogen and oxygen atoms in total. The summed E-state index contributed by atoms with van der Waals surface area (Å²) in [4.78, 5) is 25.9. The van der Waals surface area contributed by atoms with E-state index in [0.717, 1.165) is 40.3 Å². The molecule has 4 rings (SSSR count). The van der Waals surface area contributed by atoms with Gasteiger partial charge in [-0.2, -0.15) is 4.31 Å². The van der Waals surface area contributed by atoms with Crippen molar-refractivity contribution in [2.45, 2.75) is 56.1 Å². The highest BCUT2D eigenvalue weighted by molar-refractivity contribution is 7.89. The van der Waals surface area contributed by atoms with Gasteiger partial charge in [-0.15, -0.1) is 0 Å². The molecule has 2 aromatic carbocycles. The Hall–Kier alpha value is -2.79. The maximum Gasteiger partial charge on any atom is 0.243 e. The van der Waals surface area contributed by atoms with Crippen LogP contribution in [0.1, 0.15) is 47.6 Å². The number of carbonyl (C=O) groups is 2. The SMILES string of the molecule is Cc1ccc(S(=O)(=O)N2CCNC(=O)[C@H]2CC(=O)N[C@@H]2CCCc3cc(CNCCO)ccc32)cc1. The van der Waals surface area contributed by atoms with Crippen molar-refractivity contribution < 1.29 is 23.1 Å². The fourth-order valence-corrected chi connectivity index (χ4v) is 6.48. The van der Waals surface area contributed by atoms with E-state index in [4.69, 9.17) is 5.11 Å². The van der Waals surface area contributed by atoms with Crippen LogP contribution in [0.2, 0.25) is 0 Å². The predicted molar refractivity (Wildman–Crippen MR) is 136 cm³/mol. The Morgan fingerprint density at radius 3 is 2.72 bits per heavy atom. The molecule has 4 N–H and O–H groups in total. The number of aliphatic hydroxyl groups excluding tert-OH is 1. The van der Waals surface area contributed by atoms with Crippen LogP contribution < -0.4 is 16.0 Å². The number of aryl methyl sites for hydroxylation is 2. The fourth-order valence-electron chi connectivity index (χ4n) is 4.89. The van der Waals surface area contributed by atoms with E-state index in [0.29, 0.717) is 13.1 Å². The molecule has 0 spiro atoms. The van der Waals surface area contributed by atoms with Gasteiger partial charge in [-0.05, 0) is 55.0 Å². The van der Waals surface area contributed by atoms with Crippen LogP contribution in [0.3, 0.4) is 0 Å². The summed E-state index contributed by atoms with van der Waals surface area (Å²) in [6, 6.07) is 11.4. The van der Waals surface area contributed by atoms with Crippen molar-refractivity contribution in [2.75, 3.05) is 26.2 Å². The molecule has 1 fully saturated rings. The van der Waals surface area contributed by atoms with Gasteiger partial charge in [0.2, 0.25) is 21.8 Å². The van der Waals surface area contributed by atoms with E-state index in [9.17, 15) is 18.0 Å². The zero-order valence-electron chi connectivity index (χ0n) is 20.5. The van der Waals surface area contributed by atoms with Crippen LogP contribution in [-0.2, 0) is 32.6 Å². The van der Waals surface area contributed by atoms with E-state index < -0.39 is 22.0 Å². The largest absolute Gasteiger partial charge is 0.395 e. The van der Waals surface area contributed by atoms with Crippen LogP contribution in [-0.4, -0.2) is 61.9 Å². The number of sulfonamides is 1. The van der Waals surface area contributed by atoms with Gasteiger partial charge in [0.1, 0.15) is 6.04 Å². The summed E-state index contributed by atoms with van der Waals surface area (Å²) in [5.41, 5.74) is 4.28. The molecule has 194 valence electrons. The number of nitrogens with zero attached hydrogens (tertiary/aromatic N) is 1. The highest BCUT2D eigenvalue weighted by Gasteiger charge is 2.40. The Morgan fingerprint density at radius 2 is 1.97 bits per heavy atom. The van der Waals surface area contributed by atoms with Gasteiger partial charge in [0.05, 0.1) is 24.0 Å². The van der Waals surface area contributed by atoms with Crippen molar-refractivity contribution in [3.63, 3.8) is 0 Å². The molecule has 10 heteroatoms. The highest BCUT2D eigenvalue weighted by atomic mass is 32.2. The first-order valence-corrected chi connectivity index (χ1v) is 13.8. The third-order valence-corrected chi connectivity index (χ3v) is 8.69. The maximum absolute atomic E-state index is 13.3. The van der Waals surface area contributed by atoms with Crippen LogP contribution in [0.4, 0.5) is 0 Å². The van der Waals surface area contributed by atoms with Gasteiger partial charge in [-0.3, -0.25) is 9.59 Å². The summed E-state index contributed by atoms with van der Waals surface area (Å²) < 4.78 is 27.8. The molecule has 0 saturated carbocycles. The second kappa shape index (κ2) is 11.5. The van der Waals surface area contributed by atoms with Crippen LogP contribution in [0.5, 0.6) is 0 Å². The van der Waals surface area contributed by atoms with Crippen LogP contribution in [0.15, 0.2) is 47.4 Å². The first kappa shape index (κ1) is 26.3. The van der Waals surface area contributed by atoms with Crippen molar-refractivity contribution in [2.24, 2.45) is 0 Å². The standard InChI is InChI=1S/C26H34N4O5S/c1-18-5-8-21(9-6-18)36(34,35)30-13-11-28-26(33)24(30)16-25(32)29-23-4-2-3-20-15-19(7-10-22(20)23)17-27-12-14-31/h5-10,15,23-24,27,31H,2-4,11-14,16-17H2,1H3,(H,28,33)(H,29,32)/t23-,24-/m1/s1. The molecule has 36 heavy (non-hydrogen) atoms. The molecule has 0 radical (unpaired) electrons. The van der Waals surface area contributed by atoms with Gasteiger partial charge in [0.25, 0.3) is 0 Å². The number of hydrogen-bond donors (Lipinski definition) is 4. The fraction of sp³-hybridized carbons (Fsp3) is 0.462. The summed E-state index contributed by atoms with van der Waals surface area (Å²) in [7, 11) is -3.93. The first-order chi connectivity index (χ1) is 17.3. The summed E-state index contributed by atoms with van der Waals surface area (Å²) in [5, 5.41) is 17.9. The Morgan fingerprint density at radius 1 is 1.19 bits per heavy atom. The number of carbonyl (C=O) groups excluding carboxylic acids is 2. The van der Waals surface area contributed by atoms with Crippen LogP contribution in [0.25, 0.3) is 0 Å². The lowest BCUT2D eigenvalue weighted by Crippen LogP contribution is -2.58. The minimum atomic E-state index is -3.93. The number of amides is 2. The monoisotopic (exact) mass is 514 g/mol. The summed E-state index contributed by atoms with van der Waals surface area (Å²) in [6.07, 6.45) is 2.38. The highest BCUT2D eigenvalue weighted by Crippen LogP contribution is 2.31. The lowest BCUT2D eigenvalue weighted by atomic mass is 9.86. The van der Waals surface area contributed by atoms with E-state index in [1.807, 2.05) is 19.1 Å². The van der Waals surface area contributed by atoms with Crippen molar-refractivity contribution in [1.29, 1.82) is 0 Å². The third kappa shape index (κ3) is 5.95. The molecule has 1 heterocycles. The molecule has 2 amide bonds. The average molecular weight is 515 g/mol. The lowest BCUT2D eigenvalue weighted by molar-refractivity contribution is -0.132. The zero-order chi connectivity index (χ0) is 25.7. The number of rotatable bonds is 9. The van der Waals surface area contributed by atoms with Gasteiger partial charge < -0.3 is 21.1 Å². The average Bonchev–Trinajstić information content (AvgIpc) is 2.85. The van der Waals surface area contributed by atoms with Gasteiger partial charge in [0.15, 0.2) is 0 Å². The smallest absolute Gasteiger partial charge is 0.243 e. The number of nitrogens with one attached hydrogen (secondary N) is 3. The molecule has 0 unspecified atom stereocenters. The number of benzene rings is 2. The van der Waals surface area contributed by atoms with Crippen LogP contribution in [0, 0.1) is 6.92 Å². The Kier molecular flexibility index (Phi) is 8.40. The van der Waals surface area contributed by atoms with E-state index in [1.165, 1.54) is 17.7 Å². The van der Waals surface area contributed by atoms with Crippen LogP contribution >= 0.6 is 0 Å². The Balaban J connectivity index is 1.46. The number of piperazine rings is 1. The molecular formula is C26H34N4O5S. The molecule has 1 saturated heterocycles. The second-order valence-electron chi connectivity index (χ2n) is 9.39. The summed E-state index contributed by atoms with van der Waals surface area (Å²) >= 11 is 0. The van der Waals surface area contributed by atoms with E-state index in [1.54, 1.807) is 12.1 Å². The second-order valence-corrected chi connectivity index (χ2v) is 11.3. The minimum Gasteiger partial charge on any atom is -0.395 e. The lowest BCUT2D eigenvalue weighted by Gasteiger charge is -2.34. The van der Waals surface area contributed by atoms with Gasteiger partial charge in [0, 0.05) is 26.2 Å². The van der Waals surface area contributed by atoms with E-state index in [-0.39, 0.29) is 43.0 Å². The maximum atomic E-state index is 13.3. The molecule has 1 aliphatic carbocycles. The topological polar surface area (TPSA) is 128 Å². The predicted octanol–water partition coefficient (Wildman–Crippen LogP) is 1.15. The molecule has 2 aliphatic rings. The van der Waals surface area contributed by atoms with Crippen molar-refractivity contribution in [1.82, 2.24) is 20.3 Å². The van der Waals surface area contributed by atoms with Crippen molar-refractivity contribution in [3.05, 3.63) is 64.7 Å². The Labute approximate surface area is 212 Å². The van der Waals surface area contributed by atoms with Gasteiger partial charge >= 0.3 is 0 Å². The first-order valence-electron chi connectivity index (χ1n) is 12.4.